The summed E-state index contributed by atoms with van der Waals surface area (Å²) >= 11 is 0. The van der Waals surface area contributed by atoms with Gasteiger partial charge in [-0.05, 0) is 25.7 Å². The molecule has 1 unspecified atom stereocenters. The second kappa shape index (κ2) is 7.25. The molecule has 0 aromatic carbocycles. The smallest absolute Gasteiger partial charge is 0.128 e. The van der Waals surface area contributed by atoms with Crippen LogP contribution in [0.25, 0.3) is 0 Å². The molecule has 1 atom stereocenters. The minimum Gasteiger partial charge on any atom is -0.389 e. The highest BCUT2D eigenvalue weighted by atomic mass is 16.5. The Labute approximate surface area is 116 Å². The molecule has 4 heteroatoms. The van der Waals surface area contributed by atoms with Gasteiger partial charge in [-0.15, -0.1) is 6.42 Å². The Morgan fingerprint density at radius 1 is 1.26 bits per heavy atom. The Balaban J connectivity index is 1.72. The zero-order chi connectivity index (χ0) is 13.6. The van der Waals surface area contributed by atoms with Crippen molar-refractivity contribution in [3.05, 3.63) is 0 Å². The fourth-order valence-corrected chi connectivity index (χ4v) is 2.95. The Kier molecular flexibility index (Phi) is 5.65. The molecule has 2 aliphatic rings. The fraction of sp³-hybridized carbons (Fsp3) is 0.867. The van der Waals surface area contributed by atoms with E-state index in [2.05, 4.69) is 16.1 Å². The van der Waals surface area contributed by atoms with Crippen molar-refractivity contribution >= 4 is 0 Å². The van der Waals surface area contributed by atoms with E-state index in [4.69, 9.17) is 11.2 Å². The monoisotopic (exact) mass is 266 g/mol. The Morgan fingerprint density at radius 3 is 2.58 bits per heavy atom. The molecule has 19 heavy (non-hydrogen) atoms. The summed E-state index contributed by atoms with van der Waals surface area (Å²) in [6.45, 7) is 5.04. The van der Waals surface area contributed by atoms with Crippen LogP contribution in [0.15, 0.2) is 0 Å². The summed E-state index contributed by atoms with van der Waals surface area (Å²) in [5.41, 5.74) is -0.414. The molecule has 2 N–H and O–H groups in total. The van der Waals surface area contributed by atoms with Crippen molar-refractivity contribution in [2.45, 2.75) is 43.8 Å². The molecule has 0 amide bonds. The Morgan fingerprint density at radius 2 is 1.95 bits per heavy atom. The van der Waals surface area contributed by atoms with E-state index in [0.29, 0.717) is 13.2 Å². The first-order valence-corrected chi connectivity index (χ1v) is 7.47. The maximum atomic E-state index is 10.1. The molecule has 1 saturated heterocycles. The number of nitrogens with one attached hydrogen (secondary N) is 1. The molecular formula is C15H26N2O2. The lowest BCUT2D eigenvalue weighted by Gasteiger charge is -2.34. The van der Waals surface area contributed by atoms with Crippen LogP contribution in [0.5, 0.6) is 0 Å². The van der Waals surface area contributed by atoms with Crippen LogP contribution in [-0.2, 0) is 4.74 Å². The van der Waals surface area contributed by atoms with Gasteiger partial charge in [-0.1, -0.05) is 12.3 Å². The van der Waals surface area contributed by atoms with Crippen LogP contribution in [0.2, 0.25) is 0 Å². The lowest BCUT2D eigenvalue weighted by atomic mass is 9.85. The molecule has 0 bridgehead atoms. The molecule has 108 valence electrons. The van der Waals surface area contributed by atoms with Gasteiger partial charge in [0.15, 0.2) is 0 Å². The summed E-state index contributed by atoms with van der Waals surface area (Å²) in [5.74, 6) is 2.82. The normalized spacial score (nSPS) is 25.7. The third-order valence-corrected chi connectivity index (χ3v) is 4.15. The quantitative estimate of drug-likeness (QED) is 0.716. The standard InChI is InChI=1S/C15H26N2O2/c1-2-15(6-4-3-5-7-15)19-13-14(18)12-17-10-8-16-9-11-17/h1,14,16,18H,3-13H2. The Bertz CT molecular complexity index is 302. The van der Waals surface area contributed by atoms with E-state index in [1.807, 2.05) is 0 Å². The third kappa shape index (κ3) is 4.47. The zero-order valence-electron chi connectivity index (χ0n) is 11.7. The van der Waals surface area contributed by atoms with Crippen molar-refractivity contribution in [3.8, 4) is 12.3 Å². The van der Waals surface area contributed by atoms with E-state index in [-0.39, 0.29) is 0 Å². The van der Waals surface area contributed by atoms with Crippen LogP contribution >= 0.6 is 0 Å². The molecule has 1 aliphatic heterocycles. The summed E-state index contributed by atoms with van der Waals surface area (Å²) in [6.07, 6.45) is 10.6. The number of β-amino-alcohol motifs (C(OH)–C–C–N with tert-alkyl or cyclic N) is 1. The van der Waals surface area contributed by atoms with Crippen molar-refractivity contribution in [1.82, 2.24) is 10.2 Å². The highest BCUT2D eigenvalue weighted by Crippen LogP contribution is 2.31. The highest BCUT2D eigenvalue weighted by Gasteiger charge is 2.31. The predicted molar refractivity (Wildman–Crippen MR) is 75.9 cm³/mol. The first-order valence-electron chi connectivity index (χ1n) is 7.47. The van der Waals surface area contributed by atoms with Gasteiger partial charge in [-0.3, -0.25) is 4.90 Å². The minimum atomic E-state index is -0.440. The number of aliphatic hydroxyl groups is 1. The van der Waals surface area contributed by atoms with Crippen molar-refractivity contribution in [1.29, 1.82) is 0 Å². The Hall–Kier alpha value is -0.600. The van der Waals surface area contributed by atoms with Gasteiger partial charge in [-0.2, -0.15) is 0 Å². The number of hydrogen-bond acceptors (Lipinski definition) is 4. The van der Waals surface area contributed by atoms with Crippen LogP contribution in [0.4, 0.5) is 0 Å². The van der Waals surface area contributed by atoms with Crippen molar-refractivity contribution in [2.24, 2.45) is 0 Å². The molecular weight excluding hydrogens is 240 g/mol. The van der Waals surface area contributed by atoms with Crippen LogP contribution in [-0.4, -0.2) is 61.0 Å². The van der Waals surface area contributed by atoms with Gasteiger partial charge in [0.25, 0.3) is 0 Å². The van der Waals surface area contributed by atoms with Gasteiger partial charge in [-0.25, -0.2) is 0 Å². The molecule has 2 rings (SSSR count). The van der Waals surface area contributed by atoms with Gasteiger partial charge in [0.2, 0.25) is 0 Å². The van der Waals surface area contributed by atoms with Gasteiger partial charge in [0.1, 0.15) is 5.60 Å². The van der Waals surface area contributed by atoms with Crippen LogP contribution < -0.4 is 5.32 Å². The van der Waals surface area contributed by atoms with Crippen molar-refractivity contribution in [2.75, 3.05) is 39.3 Å². The minimum absolute atomic E-state index is 0.355. The van der Waals surface area contributed by atoms with Gasteiger partial charge < -0.3 is 15.2 Å². The molecule has 2 fully saturated rings. The molecule has 0 radical (unpaired) electrons. The molecule has 1 aliphatic carbocycles. The second-order valence-corrected chi connectivity index (χ2v) is 5.71. The van der Waals surface area contributed by atoms with E-state index in [1.165, 1.54) is 6.42 Å². The molecule has 0 aromatic rings. The van der Waals surface area contributed by atoms with Crippen molar-refractivity contribution < 1.29 is 9.84 Å². The molecule has 0 spiro atoms. The zero-order valence-corrected chi connectivity index (χ0v) is 11.7. The lowest BCUT2D eigenvalue weighted by molar-refractivity contribution is -0.0701. The van der Waals surface area contributed by atoms with Gasteiger partial charge in [0, 0.05) is 32.7 Å². The second-order valence-electron chi connectivity index (χ2n) is 5.71. The molecule has 4 nitrogen and oxygen atoms in total. The lowest BCUT2D eigenvalue weighted by Crippen LogP contribution is -2.47. The number of terminal acetylenes is 1. The molecule has 1 heterocycles. The summed E-state index contributed by atoms with van der Waals surface area (Å²) < 4.78 is 5.89. The highest BCUT2D eigenvalue weighted by molar-refractivity contribution is 5.09. The van der Waals surface area contributed by atoms with E-state index >= 15 is 0 Å². The van der Waals surface area contributed by atoms with E-state index in [9.17, 15) is 5.11 Å². The number of nitrogens with zero attached hydrogens (tertiary/aromatic N) is 1. The summed E-state index contributed by atoms with van der Waals surface area (Å²) in [4.78, 5) is 2.27. The van der Waals surface area contributed by atoms with E-state index in [1.54, 1.807) is 0 Å². The maximum absolute atomic E-state index is 10.1. The molecule has 1 saturated carbocycles. The number of ether oxygens (including phenoxy) is 1. The maximum Gasteiger partial charge on any atom is 0.128 e. The van der Waals surface area contributed by atoms with Gasteiger partial charge in [0.05, 0.1) is 12.7 Å². The van der Waals surface area contributed by atoms with Crippen LogP contribution in [0, 0.1) is 12.3 Å². The van der Waals surface area contributed by atoms with E-state index in [0.717, 1.165) is 51.9 Å². The largest absolute Gasteiger partial charge is 0.389 e. The average Bonchev–Trinajstić information content (AvgIpc) is 2.47. The first-order chi connectivity index (χ1) is 9.24. The van der Waals surface area contributed by atoms with E-state index < -0.39 is 11.7 Å². The van der Waals surface area contributed by atoms with Gasteiger partial charge >= 0.3 is 0 Å². The number of piperazine rings is 1. The summed E-state index contributed by atoms with van der Waals surface area (Å²) in [7, 11) is 0. The number of aliphatic hydroxyl groups excluding tert-OH is 1. The SMILES string of the molecule is C#CC1(OCC(O)CN2CCNCC2)CCCCC1. The van der Waals surface area contributed by atoms with Crippen LogP contribution in [0.1, 0.15) is 32.1 Å². The average molecular weight is 266 g/mol. The summed E-state index contributed by atoms with van der Waals surface area (Å²) in [6, 6.07) is 0. The fourth-order valence-electron chi connectivity index (χ4n) is 2.95. The third-order valence-electron chi connectivity index (χ3n) is 4.15. The first kappa shape index (κ1) is 14.8. The number of hydrogen-bond donors (Lipinski definition) is 2. The predicted octanol–water partition coefficient (Wildman–Crippen LogP) is 0.605. The summed E-state index contributed by atoms with van der Waals surface area (Å²) in [5, 5.41) is 13.4. The van der Waals surface area contributed by atoms with Crippen molar-refractivity contribution in [3.63, 3.8) is 0 Å². The number of rotatable bonds is 5. The van der Waals surface area contributed by atoms with Crippen LogP contribution in [0.3, 0.4) is 0 Å². The topological polar surface area (TPSA) is 44.7 Å². The molecule has 0 aromatic heterocycles.